The minimum Gasteiger partial charge on any atom is -0.384 e. The van der Waals surface area contributed by atoms with E-state index in [1.807, 2.05) is 18.2 Å². The quantitative estimate of drug-likeness (QED) is 0.808. The number of β-amino-alcohol motifs (C(OH)–C–C–N with tert-alkyl or cyclic N) is 1. The minimum atomic E-state index is -0.685. The van der Waals surface area contributed by atoms with Crippen molar-refractivity contribution in [2.45, 2.75) is 12.0 Å². The molecule has 17 heavy (non-hydrogen) atoms. The van der Waals surface area contributed by atoms with E-state index < -0.39 is 5.60 Å². The monoisotopic (exact) mass is 227 g/mol. The van der Waals surface area contributed by atoms with Crippen molar-refractivity contribution in [3.8, 4) is 0 Å². The number of hydrogen-bond acceptors (Lipinski definition) is 2. The molecule has 2 nitrogen and oxygen atoms in total. The maximum atomic E-state index is 10.8. The molecule has 2 aromatic rings. The first kappa shape index (κ1) is 10.8. The Labute approximate surface area is 101 Å². The first-order chi connectivity index (χ1) is 8.19. The maximum Gasteiger partial charge on any atom is 0.104 e. The number of nitrogens with zero attached hydrogens (tertiary/aromatic N) is 1. The van der Waals surface area contributed by atoms with Gasteiger partial charge in [0.05, 0.1) is 0 Å². The molecule has 1 atom stereocenters. The van der Waals surface area contributed by atoms with Crippen molar-refractivity contribution in [1.29, 1.82) is 0 Å². The Balaban J connectivity index is 2.17. The Morgan fingerprint density at radius 2 is 1.88 bits per heavy atom. The third kappa shape index (κ3) is 1.74. The van der Waals surface area contributed by atoms with E-state index in [0.717, 1.165) is 25.1 Å². The molecule has 1 unspecified atom stereocenters. The van der Waals surface area contributed by atoms with Gasteiger partial charge >= 0.3 is 0 Å². The molecule has 88 valence electrons. The Morgan fingerprint density at radius 3 is 2.65 bits per heavy atom. The Morgan fingerprint density at radius 1 is 1.12 bits per heavy atom. The fourth-order valence-electron chi connectivity index (χ4n) is 2.83. The van der Waals surface area contributed by atoms with Crippen LogP contribution in [0.1, 0.15) is 12.0 Å². The third-order valence-corrected chi connectivity index (χ3v) is 3.73. The van der Waals surface area contributed by atoms with Gasteiger partial charge in [0.25, 0.3) is 0 Å². The van der Waals surface area contributed by atoms with Crippen LogP contribution in [0.4, 0.5) is 0 Å². The van der Waals surface area contributed by atoms with Crippen LogP contribution in [0, 0.1) is 0 Å². The second-order valence-corrected chi connectivity index (χ2v) is 5.05. The molecular weight excluding hydrogens is 210 g/mol. The number of likely N-dealkylation sites (tertiary alicyclic amines) is 1. The lowest BCUT2D eigenvalue weighted by Gasteiger charge is -2.24. The van der Waals surface area contributed by atoms with Crippen LogP contribution in [0.5, 0.6) is 0 Å². The highest BCUT2D eigenvalue weighted by atomic mass is 16.3. The van der Waals surface area contributed by atoms with Gasteiger partial charge in [-0.05, 0) is 29.8 Å². The molecule has 2 aromatic carbocycles. The van der Waals surface area contributed by atoms with Crippen molar-refractivity contribution in [2.24, 2.45) is 0 Å². The van der Waals surface area contributed by atoms with Crippen LogP contribution in [-0.4, -0.2) is 30.1 Å². The number of fused-ring (bicyclic) bond motifs is 1. The maximum absolute atomic E-state index is 10.8. The number of rotatable bonds is 1. The highest BCUT2D eigenvalue weighted by Crippen LogP contribution is 2.35. The minimum absolute atomic E-state index is 0.685. The molecule has 1 aliphatic heterocycles. The van der Waals surface area contributed by atoms with Gasteiger partial charge in [0.2, 0.25) is 0 Å². The summed E-state index contributed by atoms with van der Waals surface area (Å²) in [5.74, 6) is 0. The molecule has 0 aliphatic carbocycles. The zero-order valence-corrected chi connectivity index (χ0v) is 10.1. The Bertz CT molecular complexity index is 546. The predicted molar refractivity (Wildman–Crippen MR) is 70.0 cm³/mol. The molecule has 2 heteroatoms. The summed E-state index contributed by atoms with van der Waals surface area (Å²) in [7, 11) is 2.06. The third-order valence-electron chi connectivity index (χ3n) is 3.73. The zero-order valence-electron chi connectivity index (χ0n) is 10.1. The Kier molecular flexibility index (Phi) is 2.42. The number of likely N-dealkylation sites (N-methyl/N-ethyl adjacent to an activating group) is 1. The molecule has 3 rings (SSSR count). The van der Waals surface area contributed by atoms with Crippen LogP contribution in [0.2, 0.25) is 0 Å². The lowest BCUT2D eigenvalue weighted by atomic mass is 9.89. The van der Waals surface area contributed by atoms with E-state index in [1.54, 1.807) is 0 Å². The summed E-state index contributed by atoms with van der Waals surface area (Å²) in [6.45, 7) is 1.68. The second-order valence-electron chi connectivity index (χ2n) is 5.05. The molecule has 1 fully saturated rings. The molecule has 0 aromatic heterocycles. The summed E-state index contributed by atoms with van der Waals surface area (Å²) in [5, 5.41) is 13.2. The topological polar surface area (TPSA) is 23.5 Å². The van der Waals surface area contributed by atoms with Gasteiger partial charge in [-0.25, -0.2) is 0 Å². The van der Waals surface area contributed by atoms with Crippen molar-refractivity contribution < 1.29 is 5.11 Å². The fraction of sp³-hybridized carbons (Fsp3) is 0.333. The van der Waals surface area contributed by atoms with E-state index in [1.165, 1.54) is 10.8 Å². The van der Waals surface area contributed by atoms with Gasteiger partial charge in [-0.1, -0.05) is 42.5 Å². The molecule has 0 amide bonds. The molecule has 0 saturated carbocycles. The second kappa shape index (κ2) is 3.83. The van der Waals surface area contributed by atoms with Gasteiger partial charge in [-0.15, -0.1) is 0 Å². The molecule has 1 aliphatic rings. The smallest absolute Gasteiger partial charge is 0.104 e. The van der Waals surface area contributed by atoms with Crippen LogP contribution in [-0.2, 0) is 5.60 Å². The number of hydrogen-bond donors (Lipinski definition) is 1. The molecular formula is C15H17NO. The summed E-state index contributed by atoms with van der Waals surface area (Å²) in [6.07, 6.45) is 0.817. The average molecular weight is 227 g/mol. The zero-order chi connectivity index (χ0) is 11.9. The van der Waals surface area contributed by atoms with Crippen molar-refractivity contribution in [1.82, 2.24) is 4.90 Å². The van der Waals surface area contributed by atoms with Gasteiger partial charge in [-0.2, -0.15) is 0 Å². The van der Waals surface area contributed by atoms with Crippen molar-refractivity contribution in [3.63, 3.8) is 0 Å². The van der Waals surface area contributed by atoms with Gasteiger partial charge in [-0.3, -0.25) is 0 Å². The highest BCUT2D eigenvalue weighted by molar-refractivity contribution is 5.86. The molecule has 0 bridgehead atoms. The van der Waals surface area contributed by atoms with Crippen molar-refractivity contribution in [3.05, 3.63) is 48.0 Å². The molecule has 1 heterocycles. The first-order valence-electron chi connectivity index (χ1n) is 6.08. The van der Waals surface area contributed by atoms with Crippen LogP contribution in [0.15, 0.2) is 42.5 Å². The van der Waals surface area contributed by atoms with Crippen LogP contribution in [0.25, 0.3) is 10.8 Å². The highest BCUT2D eigenvalue weighted by Gasteiger charge is 2.36. The normalized spacial score (nSPS) is 25.5. The van der Waals surface area contributed by atoms with Gasteiger partial charge in [0.15, 0.2) is 0 Å². The SMILES string of the molecule is CN1CCC(O)(c2cccc3ccccc23)C1. The fourth-order valence-corrected chi connectivity index (χ4v) is 2.83. The van der Waals surface area contributed by atoms with E-state index in [4.69, 9.17) is 0 Å². The van der Waals surface area contributed by atoms with Gasteiger partial charge in [0.1, 0.15) is 5.60 Å². The van der Waals surface area contributed by atoms with Crippen LogP contribution >= 0.6 is 0 Å². The van der Waals surface area contributed by atoms with Crippen LogP contribution in [0.3, 0.4) is 0 Å². The van der Waals surface area contributed by atoms with Gasteiger partial charge in [0, 0.05) is 13.1 Å². The van der Waals surface area contributed by atoms with Gasteiger partial charge < -0.3 is 10.0 Å². The van der Waals surface area contributed by atoms with Crippen molar-refractivity contribution >= 4 is 10.8 Å². The molecule has 1 N–H and O–H groups in total. The number of aliphatic hydroxyl groups is 1. The molecule has 1 saturated heterocycles. The lowest BCUT2D eigenvalue weighted by molar-refractivity contribution is 0.0504. The van der Waals surface area contributed by atoms with E-state index in [9.17, 15) is 5.11 Å². The standard InChI is InChI=1S/C15H17NO/c1-16-10-9-15(17,11-16)14-8-4-6-12-5-2-3-7-13(12)14/h2-8,17H,9-11H2,1H3. The van der Waals surface area contributed by atoms with E-state index >= 15 is 0 Å². The predicted octanol–water partition coefficient (Wildman–Crippen LogP) is 2.36. The summed E-state index contributed by atoms with van der Waals surface area (Å²) >= 11 is 0. The van der Waals surface area contributed by atoms with E-state index in [-0.39, 0.29) is 0 Å². The van der Waals surface area contributed by atoms with Crippen molar-refractivity contribution in [2.75, 3.05) is 20.1 Å². The molecule has 0 spiro atoms. The Hall–Kier alpha value is -1.38. The molecule has 0 radical (unpaired) electrons. The number of benzene rings is 2. The summed E-state index contributed by atoms with van der Waals surface area (Å²) < 4.78 is 0. The summed E-state index contributed by atoms with van der Waals surface area (Å²) in [4.78, 5) is 2.18. The van der Waals surface area contributed by atoms with Crippen LogP contribution < -0.4 is 0 Å². The average Bonchev–Trinajstić information content (AvgIpc) is 2.70. The largest absolute Gasteiger partial charge is 0.384 e. The van der Waals surface area contributed by atoms with E-state index in [0.29, 0.717) is 0 Å². The summed E-state index contributed by atoms with van der Waals surface area (Å²) in [5.41, 5.74) is 0.384. The first-order valence-corrected chi connectivity index (χ1v) is 6.08. The lowest BCUT2D eigenvalue weighted by Crippen LogP contribution is -2.29. The van der Waals surface area contributed by atoms with E-state index in [2.05, 4.69) is 36.2 Å². The summed E-state index contributed by atoms with van der Waals surface area (Å²) in [6, 6.07) is 14.5.